The molecular weight excluding hydrogens is 304 g/mol. The lowest BCUT2D eigenvalue weighted by molar-refractivity contribution is -0.0498. The first-order valence-electron chi connectivity index (χ1n) is 9.19. The zero-order valence-electron chi connectivity index (χ0n) is 14.4. The third kappa shape index (κ3) is 3.04. The maximum atomic E-state index is 12.3. The van der Waals surface area contributed by atoms with Crippen molar-refractivity contribution in [2.75, 3.05) is 13.2 Å². The summed E-state index contributed by atoms with van der Waals surface area (Å²) in [5.74, 6) is 2.67. The average molecular weight is 332 g/mol. The van der Waals surface area contributed by atoms with Gasteiger partial charge in [-0.2, -0.15) is 5.10 Å². The van der Waals surface area contributed by atoms with Crippen molar-refractivity contribution in [3.63, 3.8) is 0 Å². The summed E-state index contributed by atoms with van der Waals surface area (Å²) in [4.78, 5) is 12.3. The topological polar surface area (TPSA) is 79.2 Å². The summed E-state index contributed by atoms with van der Waals surface area (Å²) >= 11 is 0. The summed E-state index contributed by atoms with van der Waals surface area (Å²) < 4.78 is 1.67. The Balaban J connectivity index is 1.33. The molecule has 6 nitrogen and oxygen atoms in total. The highest BCUT2D eigenvalue weighted by molar-refractivity contribution is 5.74. The van der Waals surface area contributed by atoms with Gasteiger partial charge in [-0.25, -0.2) is 4.79 Å². The van der Waals surface area contributed by atoms with E-state index in [0.29, 0.717) is 5.41 Å². The second-order valence-corrected chi connectivity index (χ2v) is 8.43. The highest BCUT2D eigenvalue weighted by atomic mass is 16.3. The van der Waals surface area contributed by atoms with Crippen LogP contribution in [0.3, 0.4) is 0 Å². The van der Waals surface area contributed by atoms with E-state index in [1.54, 1.807) is 10.9 Å². The van der Waals surface area contributed by atoms with E-state index < -0.39 is 6.04 Å². The second kappa shape index (κ2) is 6.06. The van der Waals surface area contributed by atoms with E-state index in [1.807, 2.05) is 13.2 Å². The zero-order valence-corrected chi connectivity index (χ0v) is 14.4. The first-order valence-corrected chi connectivity index (χ1v) is 9.19. The molecule has 6 heteroatoms. The highest BCUT2D eigenvalue weighted by Gasteiger charge is 2.50. The molecule has 0 aliphatic heterocycles. The van der Waals surface area contributed by atoms with Crippen molar-refractivity contribution < 1.29 is 9.90 Å². The largest absolute Gasteiger partial charge is 0.394 e. The van der Waals surface area contributed by atoms with Crippen molar-refractivity contribution >= 4 is 6.03 Å². The lowest BCUT2D eigenvalue weighted by Gasteiger charge is -2.56. The van der Waals surface area contributed by atoms with Crippen LogP contribution in [0, 0.1) is 23.2 Å². The van der Waals surface area contributed by atoms with Gasteiger partial charge in [0.1, 0.15) is 0 Å². The summed E-state index contributed by atoms with van der Waals surface area (Å²) in [6, 6.07) is -0.594. The van der Waals surface area contributed by atoms with Crippen molar-refractivity contribution in [2.45, 2.75) is 44.6 Å². The van der Waals surface area contributed by atoms with Crippen molar-refractivity contribution in [1.29, 1.82) is 0 Å². The van der Waals surface area contributed by atoms with Gasteiger partial charge in [-0.05, 0) is 61.7 Å². The maximum absolute atomic E-state index is 12.3. The third-order valence-electron chi connectivity index (χ3n) is 6.40. The summed E-state index contributed by atoms with van der Waals surface area (Å²) in [6.45, 7) is 0.643. The molecule has 4 fully saturated rings. The fourth-order valence-electron chi connectivity index (χ4n) is 5.84. The average Bonchev–Trinajstić information content (AvgIpc) is 2.96. The van der Waals surface area contributed by atoms with Gasteiger partial charge in [0.05, 0.1) is 18.8 Å². The van der Waals surface area contributed by atoms with E-state index in [0.717, 1.165) is 29.9 Å². The molecule has 4 saturated carbocycles. The van der Waals surface area contributed by atoms with Crippen LogP contribution in [0.15, 0.2) is 12.4 Å². The number of hydrogen-bond donors (Lipinski definition) is 3. The molecule has 1 unspecified atom stereocenters. The molecule has 0 spiro atoms. The summed E-state index contributed by atoms with van der Waals surface area (Å²) in [5, 5.41) is 19.6. The van der Waals surface area contributed by atoms with Crippen LogP contribution in [-0.2, 0) is 7.05 Å². The van der Waals surface area contributed by atoms with Crippen molar-refractivity contribution in [3.05, 3.63) is 18.0 Å². The predicted molar refractivity (Wildman–Crippen MR) is 90.2 cm³/mol. The molecule has 4 aliphatic carbocycles. The Labute approximate surface area is 143 Å². The summed E-state index contributed by atoms with van der Waals surface area (Å²) in [7, 11) is 1.82. The van der Waals surface area contributed by atoms with Crippen LogP contribution in [0.25, 0.3) is 0 Å². The smallest absolute Gasteiger partial charge is 0.315 e. The standard InChI is InChI=1S/C18H28N4O2/c1-22-9-15(8-20-22)16(10-23)21-17(24)19-11-18-5-12-2-13(6-18)4-14(3-12)7-18/h8-9,12-14,16,23H,2-7,10-11H2,1H3,(H2,19,21,24). The highest BCUT2D eigenvalue weighted by Crippen LogP contribution is 2.59. The first-order chi connectivity index (χ1) is 11.5. The Bertz CT molecular complexity index is 577. The van der Waals surface area contributed by atoms with Crippen LogP contribution in [-0.4, -0.2) is 34.1 Å². The molecule has 1 aromatic heterocycles. The minimum Gasteiger partial charge on any atom is -0.394 e. The Morgan fingerprint density at radius 2 is 1.96 bits per heavy atom. The number of carbonyl (C=O) groups excluding carboxylic acids is 1. The molecule has 5 rings (SSSR count). The summed E-state index contributed by atoms with van der Waals surface area (Å²) in [6.07, 6.45) is 11.6. The quantitative estimate of drug-likeness (QED) is 0.771. The van der Waals surface area contributed by atoms with Gasteiger partial charge >= 0.3 is 6.03 Å². The fourth-order valence-corrected chi connectivity index (χ4v) is 5.84. The Morgan fingerprint density at radius 3 is 2.46 bits per heavy atom. The third-order valence-corrected chi connectivity index (χ3v) is 6.40. The number of nitrogens with one attached hydrogen (secondary N) is 2. The van der Waals surface area contributed by atoms with Crippen LogP contribution in [0.4, 0.5) is 4.79 Å². The number of aliphatic hydroxyl groups excluding tert-OH is 1. The van der Waals surface area contributed by atoms with Crippen LogP contribution < -0.4 is 10.6 Å². The van der Waals surface area contributed by atoms with Gasteiger partial charge in [0.25, 0.3) is 0 Å². The molecule has 0 radical (unpaired) electrons. The Hall–Kier alpha value is -1.56. The Morgan fingerprint density at radius 1 is 1.33 bits per heavy atom. The number of urea groups is 1. The van der Waals surface area contributed by atoms with Gasteiger partial charge in [-0.3, -0.25) is 4.68 Å². The SMILES string of the molecule is Cn1cc(C(CO)NC(=O)NCC23CC4CC(CC(C4)C2)C3)cn1. The number of aryl methyl sites for hydroxylation is 1. The van der Waals surface area contributed by atoms with E-state index in [2.05, 4.69) is 15.7 Å². The molecule has 0 aromatic carbocycles. The van der Waals surface area contributed by atoms with Gasteiger partial charge in [0, 0.05) is 25.4 Å². The van der Waals surface area contributed by atoms with E-state index >= 15 is 0 Å². The molecule has 1 heterocycles. The number of aliphatic hydroxyl groups is 1. The van der Waals surface area contributed by atoms with Crippen LogP contribution >= 0.6 is 0 Å². The molecule has 24 heavy (non-hydrogen) atoms. The molecule has 132 valence electrons. The molecule has 4 bridgehead atoms. The molecule has 0 saturated heterocycles. The van der Waals surface area contributed by atoms with Crippen molar-refractivity contribution in [2.24, 2.45) is 30.2 Å². The van der Waals surface area contributed by atoms with Crippen LogP contribution in [0.5, 0.6) is 0 Å². The number of hydrogen-bond acceptors (Lipinski definition) is 3. The van der Waals surface area contributed by atoms with Crippen molar-refractivity contribution in [3.8, 4) is 0 Å². The zero-order chi connectivity index (χ0) is 16.7. The molecular formula is C18H28N4O2. The normalized spacial score (nSPS) is 35.0. The molecule has 1 aromatic rings. The van der Waals surface area contributed by atoms with E-state index in [-0.39, 0.29) is 12.6 Å². The molecule has 3 N–H and O–H groups in total. The van der Waals surface area contributed by atoms with E-state index in [9.17, 15) is 9.90 Å². The fraction of sp³-hybridized carbons (Fsp3) is 0.778. The minimum atomic E-state index is -0.407. The minimum absolute atomic E-state index is 0.128. The molecule has 1 atom stereocenters. The first kappa shape index (κ1) is 15.9. The molecule has 4 aliphatic rings. The van der Waals surface area contributed by atoms with Crippen LogP contribution in [0.1, 0.15) is 50.1 Å². The number of amides is 2. The van der Waals surface area contributed by atoms with Gasteiger partial charge in [0.15, 0.2) is 0 Å². The number of rotatable bonds is 5. The maximum Gasteiger partial charge on any atom is 0.315 e. The predicted octanol–water partition coefficient (Wildman–Crippen LogP) is 1.97. The van der Waals surface area contributed by atoms with Gasteiger partial charge in [0.2, 0.25) is 0 Å². The van der Waals surface area contributed by atoms with Crippen LogP contribution in [0.2, 0.25) is 0 Å². The van der Waals surface area contributed by atoms with Gasteiger partial charge in [-0.15, -0.1) is 0 Å². The van der Waals surface area contributed by atoms with E-state index in [4.69, 9.17) is 0 Å². The Kier molecular flexibility index (Phi) is 4.03. The summed E-state index contributed by atoms with van der Waals surface area (Å²) in [5.41, 5.74) is 1.15. The van der Waals surface area contributed by atoms with Gasteiger partial charge in [-0.1, -0.05) is 0 Å². The number of carbonyl (C=O) groups is 1. The lowest BCUT2D eigenvalue weighted by atomic mass is 9.49. The number of aromatic nitrogens is 2. The monoisotopic (exact) mass is 332 g/mol. The lowest BCUT2D eigenvalue weighted by Crippen LogP contribution is -2.52. The molecule has 2 amide bonds. The number of nitrogens with zero attached hydrogens (tertiary/aromatic N) is 2. The van der Waals surface area contributed by atoms with E-state index in [1.165, 1.54) is 38.5 Å². The van der Waals surface area contributed by atoms with Gasteiger partial charge < -0.3 is 15.7 Å². The van der Waals surface area contributed by atoms with Crippen molar-refractivity contribution in [1.82, 2.24) is 20.4 Å². The second-order valence-electron chi connectivity index (χ2n) is 8.43.